The van der Waals surface area contributed by atoms with Crippen molar-refractivity contribution in [2.24, 2.45) is 10.9 Å². The Bertz CT molecular complexity index is 331. The van der Waals surface area contributed by atoms with Gasteiger partial charge in [0.05, 0.1) is 18.4 Å². The number of oxime groups is 1. The maximum atomic E-state index is 12.3. The van der Waals surface area contributed by atoms with E-state index in [9.17, 15) is 4.79 Å². The third-order valence-corrected chi connectivity index (χ3v) is 4.64. The number of amidine groups is 1. The highest BCUT2D eigenvalue weighted by molar-refractivity contribution is 8.00. The molecule has 3 N–H and O–H groups in total. The lowest BCUT2D eigenvalue weighted by Gasteiger charge is -2.35. The topological polar surface area (TPSA) is 88.2 Å². The van der Waals surface area contributed by atoms with Crippen LogP contribution in [0.3, 0.4) is 0 Å². The van der Waals surface area contributed by atoms with Gasteiger partial charge in [-0.1, -0.05) is 11.6 Å². The van der Waals surface area contributed by atoms with Crippen molar-refractivity contribution in [1.29, 1.82) is 0 Å². The van der Waals surface area contributed by atoms with Crippen LogP contribution < -0.4 is 5.73 Å². The summed E-state index contributed by atoms with van der Waals surface area (Å²) in [7, 11) is 0. The zero-order chi connectivity index (χ0) is 13.0. The van der Waals surface area contributed by atoms with E-state index in [1.807, 2.05) is 0 Å². The Kier molecular flexibility index (Phi) is 4.71. The first kappa shape index (κ1) is 13.5. The number of carbonyl (C=O) groups excluding carboxylic acids is 1. The summed E-state index contributed by atoms with van der Waals surface area (Å²) >= 11 is 1.74. The molecule has 2 fully saturated rings. The van der Waals surface area contributed by atoms with Gasteiger partial charge in [-0.15, -0.1) is 11.8 Å². The zero-order valence-electron chi connectivity index (χ0n) is 10.2. The number of hydrogen-bond acceptors (Lipinski definition) is 5. The molecule has 18 heavy (non-hydrogen) atoms. The Hall–Kier alpha value is -0.950. The molecule has 0 bridgehead atoms. The fourth-order valence-corrected chi connectivity index (χ4v) is 3.51. The van der Waals surface area contributed by atoms with Gasteiger partial charge in [-0.3, -0.25) is 4.79 Å². The smallest absolute Gasteiger partial charge is 0.235 e. The minimum atomic E-state index is -0.485. The molecule has 0 aromatic heterocycles. The molecular weight excluding hydrogens is 254 g/mol. The third-order valence-electron chi connectivity index (χ3n) is 3.28. The van der Waals surface area contributed by atoms with Crippen LogP contribution in [-0.4, -0.2) is 58.7 Å². The van der Waals surface area contributed by atoms with E-state index in [1.165, 1.54) is 6.42 Å². The summed E-state index contributed by atoms with van der Waals surface area (Å²) in [5.41, 5.74) is 5.52. The molecule has 2 aliphatic heterocycles. The predicted octanol–water partition coefficient (Wildman–Crippen LogP) is 0.246. The first-order valence-corrected chi connectivity index (χ1v) is 7.26. The van der Waals surface area contributed by atoms with Crippen LogP contribution in [-0.2, 0) is 9.53 Å². The quantitative estimate of drug-likeness (QED) is 0.326. The predicted molar refractivity (Wildman–Crippen MR) is 69.8 cm³/mol. The number of morpholine rings is 1. The molecule has 2 unspecified atom stereocenters. The van der Waals surface area contributed by atoms with Crippen LogP contribution in [0.25, 0.3) is 0 Å². The Balaban J connectivity index is 1.93. The lowest BCUT2D eigenvalue weighted by atomic mass is 10.1. The monoisotopic (exact) mass is 273 g/mol. The number of amides is 1. The summed E-state index contributed by atoms with van der Waals surface area (Å²) in [6, 6.07) is 0. The van der Waals surface area contributed by atoms with Crippen LogP contribution in [0.4, 0.5) is 0 Å². The highest BCUT2D eigenvalue weighted by atomic mass is 32.2. The van der Waals surface area contributed by atoms with Gasteiger partial charge in [0, 0.05) is 6.54 Å². The summed E-state index contributed by atoms with van der Waals surface area (Å²) in [6.45, 7) is 1.40. The standard InChI is InChI=1S/C11H19N3O3S/c12-10(13-16)8-7-14(4-5-17-8)11(15)9-3-1-2-6-18-9/h8-9,16H,1-7H2,(H2,12,13). The second kappa shape index (κ2) is 6.29. The number of nitrogens with two attached hydrogens (primary N) is 1. The van der Waals surface area contributed by atoms with E-state index in [1.54, 1.807) is 16.7 Å². The van der Waals surface area contributed by atoms with Crippen molar-refractivity contribution >= 4 is 23.5 Å². The van der Waals surface area contributed by atoms with Crippen LogP contribution in [0.2, 0.25) is 0 Å². The van der Waals surface area contributed by atoms with E-state index in [-0.39, 0.29) is 17.0 Å². The maximum absolute atomic E-state index is 12.3. The molecule has 0 radical (unpaired) electrons. The largest absolute Gasteiger partial charge is 0.409 e. The molecule has 2 heterocycles. The van der Waals surface area contributed by atoms with Crippen molar-refractivity contribution in [2.45, 2.75) is 30.6 Å². The van der Waals surface area contributed by atoms with Crippen LogP contribution in [0.1, 0.15) is 19.3 Å². The molecule has 2 atom stereocenters. The molecule has 2 rings (SSSR count). The Morgan fingerprint density at radius 2 is 2.33 bits per heavy atom. The van der Waals surface area contributed by atoms with Crippen molar-refractivity contribution in [1.82, 2.24) is 4.90 Å². The lowest BCUT2D eigenvalue weighted by Crippen LogP contribution is -2.52. The number of ether oxygens (including phenoxy) is 1. The molecule has 1 amide bonds. The van der Waals surface area contributed by atoms with Crippen LogP contribution in [0, 0.1) is 0 Å². The Labute approximate surface area is 111 Å². The fourth-order valence-electron chi connectivity index (χ4n) is 2.23. The number of nitrogens with zero attached hydrogens (tertiary/aromatic N) is 2. The van der Waals surface area contributed by atoms with Gasteiger partial charge < -0.3 is 20.6 Å². The zero-order valence-corrected chi connectivity index (χ0v) is 11.1. The SMILES string of the molecule is NC(=NO)C1CN(C(=O)C2CCCCS2)CCO1. The summed E-state index contributed by atoms with van der Waals surface area (Å²) in [5.74, 6) is 1.26. The minimum Gasteiger partial charge on any atom is -0.409 e. The fraction of sp³-hybridized carbons (Fsp3) is 0.818. The van der Waals surface area contributed by atoms with Gasteiger partial charge in [-0.2, -0.15) is 0 Å². The number of rotatable bonds is 2. The molecule has 0 aromatic rings. The van der Waals surface area contributed by atoms with E-state index in [0.29, 0.717) is 19.7 Å². The Morgan fingerprint density at radius 1 is 1.50 bits per heavy atom. The van der Waals surface area contributed by atoms with Gasteiger partial charge in [-0.25, -0.2) is 0 Å². The summed E-state index contributed by atoms with van der Waals surface area (Å²) < 4.78 is 5.38. The second-order valence-electron chi connectivity index (χ2n) is 4.52. The van der Waals surface area contributed by atoms with Crippen molar-refractivity contribution in [3.8, 4) is 0 Å². The van der Waals surface area contributed by atoms with Crippen LogP contribution >= 0.6 is 11.8 Å². The van der Waals surface area contributed by atoms with E-state index >= 15 is 0 Å². The average molecular weight is 273 g/mol. The summed E-state index contributed by atoms with van der Waals surface area (Å²) in [4.78, 5) is 14.1. The van der Waals surface area contributed by atoms with Gasteiger partial charge >= 0.3 is 0 Å². The first-order valence-electron chi connectivity index (χ1n) is 6.22. The molecular formula is C11H19N3O3S. The number of hydrogen-bond donors (Lipinski definition) is 2. The summed E-state index contributed by atoms with van der Waals surface area (Å²) in [6.07, 6.45) is 2.79. The first-order chi connectivity index (χ1) is 8.72. The molecule has 102 valence electrons. The third kappa shape index (κ3) is 3.08. The van der Waals surface area contributed by atoms with Crippen LogP contribution in [0.5, 0.6) is 0 Å². The molecule has 0 aliphatic carbocycles. The molecule has 0 aromatic carbocycles. The maximum Gasteiger partial charge on any atom is 0.235 e. The highest BCUT2D eigenvalue weighted by Gasteiger charge is 2.31. The van der Waals surface area contributed by atoms with Crippen molar-refractivity contribution in [3.63, 3.8) is 0 Å². The number of thioether (sulfide) groups is 1. The average Bonchev–Trinajstić information content (AvgIpc) is 2.46. The van der Waals surface area contributed by atoms with Crippen LogP contribution in [0.15, 0.2) is 5.16 Å². The molecule has 7 heteroatoms. The highest BCUT2D eigenvalue weighted by Crippen LogP contribution is 2.27. The second-order valence-corrected chi connectivity index (χ2v) is 5.83. The van der Waals surface area contributed by atoms with E-state index in [2.05, 4.69) is 5.16 Å². The molecule has 2 aliphatic rings. The molecule has 6 nitrogen and oxygen atoms in total. The molecule has 0 saturated carbocycles. The molecule has 2 saturated heterocycles. The number of carbonyl (C=O) groups is 1. The van der Waals surface area contributed by atoms with Gasteiger partial charge in [0.25, 0.3) is 0 Å². The van der Waals surface area contributed by atoms with E-state index < -0.39 is 6.10 Å². The van der Waals surface area contributed by atoms with Crippen molar-refractivity contribution < 1.29 is 14.7 Å². The van der Waals surface area contributed by atoms with E-state index in [4.69, 9.17) is 15.7 Å². The summed E-state index contributed by atoms with van der Waals surface area (Å²) in [5, 5.41) is 11.7. The Morgan fingerprint density at radius 3 is 3.00 bits per heavy atom. The van der Waals surface area contributed by atoms with Gasteiger partial charge in [0.1, 0.15) is 6.10 Å². The minimum absolute atomic E-state index is 0.0313. The molecule has 0 spiro atoms. The van der Waals surface area contributed by atoms with E-state index in [0.717, 1.165) is 18.6 Å². The van der Waals surface area contributed by atoms with Gasteiger partial charge in [-0.05, 0) is 18.6 Å². The lowest BCUT2D eigenvalue weighted by molar-refractivity contribution is -0.136. The van der Waals surface area contributed by atoms with Gasteiger partial charge in [0.15, 0.2) is 5.84 Å². The van der Waals surface area contributed by atoms with Crippen molar-refractivity contribution in [2.75, 3.05) is 25.4 Å². The van der Waals surface area contributed by atoms with Crippen molar-refractivity contribution in [3.05, 3.63) is 0 Å². The normalized spacial score (nSPS) is 30.2. The van der Waals surface area contributed by atoms with Gasteiger partial charge in [0.2, 0.25) is 5.91 Å².